The van der Waals surface area contributed by atoms with Crippen molar-refractivity contribution in [1.82, 2.24) is 0 Å². The van der Waals surface area contributed by atoms with E-state index in [9.17, 15) is 4.79 Å². The molecule has 1 aromatic carbocycles. The first kappa shape index (κ1) is 9.16. The fourth-order valence-electron chi connectivity index (χ4n) is 0.767. The molecule has 5 heteroatoms. The normalized spacial score (nSPS) is 9.83. The van der Waals surface area contributed by atoms with Gasteiger partial charge >= 0.3 is 0 Å². The first-order chi connectivity index (χ1) is 5.54. The van der Waals surface area contributed by atoms with Gasteiger partial charge in [-0.15, -0.1) is 0 Å². The fraction of sp³-hybridized carbons (Fsp3) is 0. The standard InChI is InChI=1S/C7H5Cl2NO2/c8-3-1-2-4(11)6(9)5(3)7(10)12/h1-2,11H,(H2,10,12). The molecule has 0 aliphatic heterocycles. The quantitative estimate of drug-likeness (QED) is 0.735. The average Bonchev–Trinajstić information content (AvgIpc) is 1.97. The summed E-state index contributed by atoms with van der Waals surface area (Å²) in [5.41, 5.74) is 4.91. The summed E-state index contributed by atoms with van der Waals surface area (Å²) in [4.78, 5) is 10.7. The highest BCUT2D eigenvalue weighted by Gasteiger charge is 2.14. The molecule has 0 radical (unpaired) electrons. The van der Waals surface area contributed by atoms with Gasteiger partial charge < -0.3 is 10.8 Å². The number of halogens is 2. The second kappa shape index (κ2) is 3.21. The zero-order valence-corrected chi connectivity index (χ0v) is 7.36. The predicted octanol–water partition coefficient (Wildman–Crippen LogP) is 1.80. The van der Waals surface area contributed by atoms with E-state index in [2.05, 4.69) is 0 Å². The second-order valence-corrected chi connectivity index (χ2v) is 2.90. The second-order valence-electron chi connectivity index (χ2n) is 2.12. The Kier molecular flexibility index (Phi) is 2.45. The number of rotatable bonds is 1. The molecular formula is C7H5Cl2NO2. The molecular weight excluding hydrogens is 201 g/mol. The number of phenolic OH excluding ortho intramolecular Hbond substituents is 1. The summed E-state index contributed by atoms with van der Waals surface area (Å²) in [6, 6.07) is 2.64. The van der Waals surface area contributed by atoms with Gasteiger partial charge in [-0.25, -0.2) is 0 Å². The molecule has 3 N–H and O–H groups in total. The molecule has 12 heavy (non-hydrogen) atoms. The van der Waals surface area contributed by atoms with Crippen LogP contribution < -0.4 is 5.73 Å². The molecule has 1 amide bonds. The van der Waals surface area contributed by atoms with Crippen LogP contribution in [0.3, 0.4) is 0 Å². The number of amides is 1. The maximum absolute atomic E-state index is 10.7. The van der Waals surface area contributed by atoms with Gasteiger partial charge in [0.1, 0.15) is 5.75 Å². The van der Waals surface area contributed by atoms with Crippen LogP contribution in [0.5, 0.6) is 5.75 Å². The molecule has 0 heterocycles. The number of primary amides is 1. The first-order valence-electron chi connectivity index (χ1n) is 3.01. The highest BCUT2D eigenvalue weighted by Crippen LogP contribution is 2.31. The fourth-order valence-corrected chi connectivity index (χ4v) is 1.32. The molecule has 0 fully saturated rings. The van der Waals surface area contributed by atoms with E-state index < -0.39 is 5.91 Å². The van der Waals surface area contributed by atoms with Crippen LogP contribution in [0.4, 0.5) is 0 Å². The summed E-state index contributed by atoms with van der Waals surface area (Å²) in [6.07, 6.45) is 0. The van der Waals surface area contributed by atoms with Crippen molar-refractivity contribution in [1.29, 1.82) is 0 Å². The molecule has 0 atom stereocenters. The summed E-state index contributed by atoms with van der Waals surface area (Å²) in [5.74, 6) is -0.976. The van der Waals surface area contributed by atoms with Crippen LogP contribution >= 0.6 is 23.2 Å². The van der Waals surface area contributed by atoms with Crippen molar-refractivity contribution in [2.75, 3.05) is 0 Å². The van der Waals surface area contributed by atoms with E-state index in [1.54, 1.807) is 0 Å². The van der Waals surface area contributed by atoms with Gasteiger partial charge in [-0.05, 0) is 12.1 Å². The van der Waals surface area contributed by atoms with Gasteiger partial charge in [0.05, 0.1) is 15.6 Å². The van der Waals surface area contributed by atoms with Gasteiger partial charge in [-0.1, -0.05) is 23.2 Å². The Labute approximate surface area is 78.7 Å². The van der Waals surface area contributed by atoms with Gasteiger partial charge in [0.2, 0.25) is 0 Å². The number of carbonyl (C=O) groups is 1. The van der Waals surface area contributed by atoms with Crippen LogP contribution in [0.2, 0.25) is 10.0 Å². The molecule has 0 saturated carbocycles. The molecule has 3 nitrogen and oxygen atoms in total. The van der Waals surface area contributed by atoms with Crippen LogP contribution in [-0.2, 0) is 0 Å². The third-order valence-corrected chi connectivity index (χ3v) is 2.01. The lowest BCUT2D eigenvalue weighted by atomic mass is 10.2. The highest BCUT2D eigenvalue weighted by molar-refractivity contribution is 6.40. The lowest BCUT2D eigenvalue weighted by Gasteiger charge is -2.03. The highest BCUT2D eigenvalue weighted by atomic mass is 35.5. The van der Waals surface area contributed by atoms with E-state index in [4.69, 9.17) is 34.0 Å². The Hall–Kier alpha value is -0.930. The largest absolute Gasteiger partial charge is 0.506 e. The monoisotopic (exact) mass is 205 g/mol. The number of hydrogen-bond acceptors (Lipinski definition) is 2. The van der Waals surface area contributed by atoms with Gasteiger partial charge in [0.15, 0.2) is 0 Å². The van der Waals surface area contributed by atoms with Gasteiger partial charge in [-0.3, -0.25) is 4.79 Å². The van der Waals surface area contributed by atoms with Crippen LogP contribution in [-0.4, -0.2) is 11.0 Å². The van der Waals surface area contributed by atoms with Crippen LogP contribution in [0, 0.1) is 0 Å². The molecule has 1 rings (SSSR count). The number of nitrogens with two attached hydrogens (primary N) is 1. The van der Waals surface area contributed by atoms with Crippen molar-refractivity contribution >= 4 is 29.1 Å². The number of hydrogen-bond donors (Lipinski definition) is 2. The Morgan fingerprint density at radius 3 is 2.42 bits per heavy atom. The zero-order valence-electron chi connectivity index (χ0n) is 5.84. The summed E-state index contributed by atoms with van der Waals surface area (Å²) >= 11 is 11.2. The van der Waals surface area contributed by atoms with E-state index in [0.29, 0.717) is 0 Å². The van der Waals surface area contributed by atoms with Crippen molar-refractivity contribution in [3.8, 4) is 5.75 Å². The topological polar surface area (TPSA) is 63.3 Å². The first-order valence-corrected chi connectivity index (χ1v) is 3.76. The zero-order chi connectivity index (χ0) is 9.30. The smallest absolute Gasteiger partial charge is 0.251 e. The SMILES string of the molecule is NC(=O)c1c(Cl)ccc(O)c1Cl. The third kappa shape index (κ3) is 1.47. The molecule has 64 valence electrons. The number of aromatic hydroxyl groups is 1. The van der Waals surface area contributed by atoms with Gasteiger partial charge in [-0.2, -0.15) is 0 Å². The minimum atomic E-state index is -0.763. The molecule has 0 bridgehead atoms. The van der Waals surface area contributed by atoms with E-state index in [-0.39, 0.29) is 21.4 Å². The van der Waals surface area contributed by atoms with Crippen molar-refractivity contribution in [3.05, 3.63) is 27.7 Å². The van der Waals surface area contributed by atoms with E-state index in [0.717, 1.165) is 0 Å². The van der Waals surface area contributed by atoms with Gasteiger partial charge in [0.25, 0.3) is 5.91 Å². The summed E-state index contributed by atoms with van der Waals surface area (Å²) in [5, 5.41) is 9.09. The maximum Gasteiger partial charge on any atom is 0.251 e. The lowest BCUT2D eigenvalue weighted by molar-refractivity contribution is 0.1000. The van der Waals surface area contributed by atoms with E-state index in [1.165, 1.54) is 12.1 Å². The van der Waals surface area contributed by atoms with E-state index >= 15 is 0 Å². The summed E-state index contributed by atoms with van der Waals surface area (Å²) in [6.45, 7) is 0. The predicted molar refractivity (Wildman–Crippen MR) is 46.6 cm³/mol. The average molecular weight is 206 g/mol. The number of phenols is 1. The number of benzene rings is 1. The minimum Gasteiger partial charge on any atom is -0.506 e. The van der Waals surface area contributed by atoms with Crippen LogP contribution in [0.25, 0.3) is 0 Å². The molecule has 0 saturated heterocycles. The molecule has 0 spiro atoms. The lowest BCUT2D eigenvalue weighted by Crippen LogP contribution is -2.12. The number of carbonyl (C=O) groups excluding carboxylic acids is 1. The Bertz CT molecular complexity index is 338. The maximum atomic E-state index is 10.7. The molecule has 1 aromatic rings. The van der Waals surface area contributed by atoms with Crippen molar-refractivity contribution in [2.45, 2.75) is 0 Å². The Morgan fingerprint density at radius 1 is 1.42 bits per heavy atom. The molecule has 0 aliphatic rings. The Balaban J connectivity index is 3.43. The third-order valence-electron chi connectivity index (χ3n) is 1.32. The van der Waals surface area contributed by atoms with E-state index in [1.807, 2.05) is 0 Å². The molecule has 0 aromatic heterocycles. The summed E-state index contributed by atoms with van der Waals surface area (Å²) < 4.78 is 0. The molecule has 0 aliphatic carbocycles. The molecule has 0 unspecified atom stereocenters. The van der Waals surface area contributed by atoms with Crippen LogP contribution in [0.15, 0.2) is 12.1 Å². The van der Waals surface area contributed by atoms with Crippen molar-refractivity contribution < 1.29 is 9.90 Å². The van der Waals surface area contributed by atoms with Gasteiger partial charge in [0, 0.05) is 0 Å². The van der Waals surface area contributed by atoms with Crippen LogP contribution in [0.1, 0.15) is 10.4 Å². The van der Waals surface area contributed by atoms with Crippen molar-refractivity contribution in [3.63, 3.8) is 0 Å². The minimum absolute atomic E-state index is 0.0571. The van der Waals surface area contributed by atoms with Crippen molar-refractivity contribution in [2.24, 2.45) is 5.73 Å². The summed E-state index contributed by atoms with van der Waals surface area (Å²) in [7, 11) is 0. The Morgan fingerprint density at radius 2 is 2.00 bits per heavy atom.